The van der Waals surface area contributed by atoms with Crippen LogP contribution < -0.4 is 5.32 Å². The Labute approximate surface area is 124 Å². The van der Waals surface area contributed by atoms with Crippen LogP contribution >= 0.6 is 0 Å². The molecule has 2 heterocycles. The number of anilines is 1. The third-order valence-corrected chi connectivity index (χ3v) is 4.08. The normalized spacial score (nSPS) is 17.0. The van der Waals surface area contributed by atoms with Crippen LogP contribution in [0, 0.1) is 0 Å². The third-order valence-electron chi connectivity index (χ3n) is 4.08. The molecule has 21 heavy (non-hydrogen) atoms. The Hall–Kier alpha value is -2.55. The highest BCUT2D eigenvalue weighted by Crippen LogP contribution is 2.32. The van der Waals surface area contributed by atoms with Crippen LogP contribution in [-0.4, -0.2) is 9.78 Å². The van der Waals surface area contributed by atoms with Gasteiger partial charge in [-0.1, -0.05) is 36.4 Å². The number of rotatable bonds is 2. The van der Waals surface area contributed by atoms with Gasteiger partial charge in [0.05, 0.1) is 17.4 Å². The van der Waals surface area contributed by atoms with E-state index in [1.165, 1.54) is 16.9 Å². The lowest BCUT2D eigenvalue weighted by atomic mass is 9.96. The molecular formula is C18H17N3. The fraction of sp³-hybridized carbons (Fsp3) is 0.167. The molecule has 1 aliphatic rings. The molecule has 0 aliphatic carbocycles. The van der Waals surface area contributed by atoms with Crippen LogP contribution in [0.25, 0.3) is 5.69 Å². The van der Waals surface area contributed by atoms with Crippen LogP contribution in [0.5, 0.6) is 0 Å². The van der Waals surface area contributed by atoms with Crippen molar-refractivity contribution in [3.05, 3.63) is 78.1 Å². The van der Waals surface area contributed by atoms with Crippen molar-refractivity contribution in [3.8, 4) is 5.69 Å². The van der Waals surface area contributed by atoms with Crippen molar-refractivity contribution < 1.29 is 0 Å². The fourth-order valence-electron chi connectivity index (χ4n) is 3.02. The molecule has 2 aromatic carbocycles. The van der Waals surface area contributed by atoms with Crippen molar-refractivity contribution >= 4 is 5.69 Å². The highest BCUT2D eigenvalue weighted by molar-refractivity contribution is 5.54. The van der Waals surface area contributed by atoms with E-state index in [0.29, 0.717) is 6.04 Å². The van der Waals surface area contributed by atoms with Gasteiger partial charge in [0.1, 0.15) is 0 Å². The van der Waals surface area contributed by atoms with E-state index in [1.807, 2.05) is 29.1 Å². The number of para-hydroxylation sites is 2. The van der Waals surface area contributed by atoms with Gasteiger partial charge in [0.25, 0.3) is 0 Å². The fourth-order valence-corrected chi connectivity index (χ4v) is 3.02. The van der Waals surface area contributed by atoms with Crippen LogP contribution in [-0.2, 0) is 6.42 Å². The van der Waals surface area contributed by atoms with Crippen molar-refractivity contribution in [2.24, 2.45) is 0 Å². The zero-order valence-electron chi connectivity index (χ0n) is 11.7. The first-order valence-corrected chi connectivity index (χ1v) is 7.35. The molecule has 0 saturated heterocycles. The molecule has 0 saturated carbocycles. The summed E-state index contributed by atoms with van der Waals surface area (Å²) < 4.78 is 2.03. The summed E-state index contributed by atoms with van der Waals surface area (Å²) in [4.78, 5) is 0. The van der Waals surface area contributed by atoms with E-state index in [9.17, 15) is 0 Å². The van der Waals surface area contributed by atoms with Gasteiger partial charge in [-0.15, -0.1) is 0 Å². The maximum Gasteiger partial charge on any atom is 0.0690 e. The van der Waals surface area contributed by atoms with Gasteiger partial charge in [-0.05, 0) is 42.7 Å². The number of aryl methyl sites for hydroxylation is 1. The molecule has 0 radical (unpaired) electrons. The molecule has 4 rings (SSSR count). The molecule has 104 valence electrons. The van der Waals surface area contributed by atoms with Crippen molar-refractivity contribution in [2.45, 2.75) is 18.9 Å². The zero-order valence-corrected chi connectivity index (χ0v) is 11.7. The topological polar surface area (TPSA) is 29.9 Å². The molecule has 1 aliphatic heterocycles. The van der Waals surface area contributed by atoms with Crippen molar-refractivity contribution in [3.63, 3.8) is 0 Å². The van der Waals surface area contributed by atoms with Gasteiger partial charge in [-0.3, -0.25) is 0 Å². The summed E-state index contributed by atoms with van der Waals surface area (Å²) >= 11 is 0. The van der Waals surface area contributed by atoms with Crippen LogP contribution in [0.1, 0.15) is 23.7 Å². The maximum atomic E-state index is 4.49. The first kappa shape index (κ1) is 12.2. The molecule has 3 heteroatoms. The Morgan fingerprint density at radius 1 is 0.952 bits per heavy atom. The maximum absolute atomic E-state index is 4.49. The zero-order chi connectivity index (χ0) is 14.1. The molecule has 3 nitrogen and oxygen atoms in total. The summed E-state index contributed by atoms with van der Waals surface area (Å²) in [5.41, 5.74) is 4.97. The lowest BCUT2D eigenvalue weighted by molar-refractivity contribution is 0.623. The minimum Gasteiger partial charge on any atom is -0.376 e. The second-order valence-electron chi connectivity index (χ2n) is 5.40. The summed E-state index contributed by atoms with van der Waals surface area (Å²) in [7, 11) is 0. The predicted octanol–water partition coefficient (Wildman–Crippen LogP) is 3.97. The van der Waals surface area contributed by atoms with E-state index < -0.39 is 0 Å². The number of hydrogen-bond acceptors (Lipinski definition) is 2. The second kappa shape index (κ2) is 5.09. The molecule has 1 atom stereocenters. The minimum absolute atomic E-state index is 0.308. The first-order valence-electron chi connectivity index (χ1n) is 7.35. The molecule has 1 aromatic heterocycles. The second-order valence-corrected chi connectivity index (χ2v) is 5.40. The van der Waals surface area contributed by atoms with Gasteiger partial charge in [0.2, 0.25) is 0 Å². The Morgan fingerprint density at radius 2 is 1.76 bits per heavy atom. The van der Waals surface area contributed by atoms with E-state index in [1.54, 1.807) is 0 Å². The highest BCUT2D eigenvalue weighted by atomic mass is 15.3. The molecule has 0 spiro atoms. The van der Waals surface area contributed by atoms with Gasteiger partial charge in [-0.2, -0.15) is 5.10 Å². The average molecular weight is 275 g/mol. The number of nitrogens with zero attached hydrogens (tertiary/aromatic N) is 2. The monoisotopic (exact) mass is 275 g/mol. The smallest absolute Gasteiger partial charge is 0.0690 e. The van der Waals surface area contributed by atoms with E-state index in [0.717, 1.165) is 18.5 Å². The molecule has 1 N–H and O–H groups in total. The Bertz CT molecular complexity index is 746. The highest BCUT2D eigenvalue weighted by Gasteiger charge is 2.22. The van der Waals surface area contributed by atoms with Gasteiger partial charge >= 0.3 is 0 Å². The largest absolute Gasteiger partial charge is 0.376 e. The molecule has 1 unspecified atom stereocenters. The SMILES string of the molecule is c1ccc(-n2nccc2C2CCc3ccccc3N2)cc1. The lowest BCUT2D eigenvalue weighted by Gasteiger charge is -2.27. The standard InChI is InChI=1S/C18H17N3/c1-2-7-15(8-3-1)21-18(12-13-19-21)17-11-10-14-6-4-5-9-16(14)20-17/h1-9,12-13,17,20H,10-11H2. The van der Waals surface area contributed by atoms with E-state index in [2.05, 4.69) is 52.9 Å². The first-order chi connectivity index (χ1) is 10.4. The molecule has 3 aromatic rings. The van der Waals surface area contributed by atoms with Gasteiger partial charge in [0, 0.05) is 11.9 Å². The summed E-state index contributed by atoms with van der Waals surface area (Å²) in [6.07, 6.45) is 4.08. The summed E-state index contributed by atoms with van der Waals surface area (Å²) in [6, 6.07) is 21.3. The van der Waals surface area contributed by atoms with Gasteiger partial charge < -0.3 is 5.32 Å². The Morgan fingerprint density at radius 3 is 2.67 bits per heavy atom. The van der Waals surface area contributed by atoms with Crippen LogP contribution in [0.15, 0.2) is 66.9 Å². The van der Waals surface area contributed by atoms with Crippen LogP contribution in [0.2, 0.25) is 0 Å². The summed E-state index contributed by atoms with van der Waals surface area (Å²) in [6.45, 7) is 0. The number of fused-ring (bicyclic) bond motifs is 1. The molecule has 0 fully saturated rings. The molecule has 0 amide bonds. The lowest BCUT2D eigenvalue weighted by Crippen LogP contribution is -2.20. The predicted molar refractivity (Wildman–Crippen MR) is 84.7 cm³/mol. The van der Waals surface area contributed by atoms with Crippen molar-refractivity contribution in [1.29, 1.82) is 0 Å². The van der Waals surface area contributed by atoms with Gasteiger partial charge in [0.15, 0.2) is 0 Å². The molecular weight excluding hydrogens is 258 g/mol. The van der Waals surface area contributed by atoms with Crippen LogP contribution in [0.3, 0.4) is 0 Å². The van der Waals surface area contributed by atoms with E-state index in [4.69, 9.17) is 0 Å². The summed E-state index contributed by atoms with van der Waals surface area (Å²) in [5, 5.41) is 8.14. The summed E-state index contributed by atoms with van der Waals surface area (Å²) in [5.74, 6) is 0. The Kier molecular flexibility index (Phi) is 2.96. The van der Waals surface area contributed by atoms with Crippen LogP contribution in [0.4, 0.5) is 5.69 Å². The third kappa shape index (κ3) is 2.21. The quantitative estimate of drug-likeness (QED) is 0.767. The number of nitrogens with one attached hydrogen (secondary N) is 1. The van der Waals surface area contributed by atoms with E-state index >= 15 is 0 Å². The number of aromatic nitrogens is 2. The Balaban J connectivity index is 1.69. The average Bonchev–Trinajstić information content (AvgIpc) is 3.05. The van der Waals surface area contributed by atoms with Crippen molar-refractivity contribution in [2.75, 3.05) is 5.32 Å². The van der Waals surface area contributed by atoms with Crippen molar-refractivity contribution in [1.82, 2.24) is 9.78 Å². The van der Waals surface area contributed by atoms with E-state index in [-0.39, 0.29) is 0 Å². The molecule has 0 bridgehead atoms. The number of benzene rings is 2. The number of hydrogen-bond donors (Lipinski definition) is 1. The minimum atomic E-state index is 0.308. The van der Waals surface area contributed by atoms with Gasteiger partial charge in [-0.25, -0.2) is 4.68 Å².